The Morgan fingerprint density at radius 3 is 3.06 bits per heavy atom. The Labute approximate surface area is 105 Å². The predicted molar refractivity (Wildman–Crippen MR) is 65.8 cm³/mol. The molecule has 17 heavy (non-hydrogen) atoms. The number of carbonyl (C=O) groups excluding carboxylic acids is 1. The summed E-state index contributed by atoms with van der Waals surface area (Å²) in [7, 11) is 0. The zero-order valence-electron chi connectivity index (χ0n) is 9.57. The van der Waals surface area contributed by atoms with E-state index in [1.54, 1.807) is 6.92 Å². The van der Waals surface area contributed by atoms with Crippen LogP contribution in [0.2, 0.25) is 5.15 Å². The Morgan fingerprint density at radius 1 is 1.59 bits per heavy atom. The molecule has 1 rings (SSSR count). The first-order valence-electron chi connectivity index (χ1n) is 5.30. The van der Waals surface area contributed by atoms with Crippen molar-refractivity contribution < 1.29 is 9.53 Å². The van der Waals surface area contributed by atoms with E-state index in [1.807, 2.05) is 0 Å². The predicted octanol–water partition coefficient (Wildman–Crippen LogP) is 1.47. The fourth-order valence-corrected chi connectivity index (χ4v) is 1.32. The van der Waals surface area contributed by atoms with E-state index in [-0.39, 0.29) is 11.1 Å². The molecule has 0 radical (unpaired) electrons. The SMILES string of the molecule is CCOC(=O)CCCNc1ncnc(Cl)c1N. The van der Waals surface area contributed by atoms with Crippen molar-refractivity contribution in [3.63, 3.8) is 0 Å². The lowest BCUT2D eigenvalue weighted by Crippen LogP contribution is -2.10. The van der Waals surface area contributed by atoms with Gasteiger partial charge in [0, 0.05) is 13.0 Å². The van der Waals surface area contributed by atoms with Crippen molar-refractivity contribution in [1.82, 2.24) is 9.97 Å². The van der Waals surface area contributed by atoms with Crippen LogP contribution < -0.4 is 11.1 Å². The summed E-state index contributed by atoms with van der Waals surface area (Å²) in [4.78, 5) is 18.7. The van der Waals surface area contributed by atoms with Gasteiger partial charge in [-0.2, -0.15) is 0 Å². The van der Waals surface area contributed by atoms with Crippen LogP contribution in [0.4, 0.5) is 11.5 Å². The van der Waals surface area contributed by atoms with Gasteiger partial charge in [-0.1, -0.05) is 11.6 Å². The van der Waals surface area contributed by atoms with E-state index in [1.165, 1.54) is 6.33 Å². The molecule has 0 aliphatic heterocycles. The van der Waals surface area contributed by atoms with E-state index in [9.17, 15) is 4.79 Å². The number of carbonyl (C=O) groups is 1. The molecular weight excluding hydrogens is 244 g/mol. The van der Waals surface area contributed by atoms with E-state index in [0.717, 1.165) is 0 Å². The first-order valence-corrected chi connectivity index (χ1v) is 5.68. The van der Waals surface area contributed by atoms with Gasteiger partial charge in [0.2, 0.25) is 0 Å². The topological polar surface area (TPSA) is 90.1 Å². The minimum atomic E-state index is -0.206. The number of nitrogens with one attached hydrogen (secondary N) is 1. The molecule has 1 aromatic heterocycles. The number of nitrogens with zero attached hydrogens (tertiary/aromatic N) is 2. The number of anilines is 2. The van der Waals surface area contributed by atoms with Gasteiger partial charge < -0.3 is 15.8 Å². The maximum Gasteiger partial charge on any atom is 0.305 e. The Bertz CT molecular complexity index is 387. The monoisotopic (exact) mass is 258 g/mol. The van der Waals surface area contributed by atoms with Crippen molar-refractivity contribution >= 4 is 29.1 Å². The molecular formula is C10H15ClN4O2. The van der Waals surface area contributed by atoms with Crippen molar-refractivity contribution in [1.29, 1.82) is 0 Å². The van der Waals surface area contributed by atoms with Crippen molar-refractivity contribution in [2.75, 3.05) is 24.2 Å². The Morgan fingerprint density at radius 2 is 2.35 bits per heavy atom. The van der Waals surface area contributed by atoms with Gasteiger partial charge >= 0.3 is 5.97 Å². The van der Waals surface area contributed by atoms with Crippen LogP contribution >= 0.6 is 11.6 Å². The summed E-state index contributed by atoms with van der Waals surface area (Å²) in [6, 6.07) is 0. The third-order valence-corrected chi connectivity index (χ3v) is 2.29. The highest BCUT2D eigenvalue weighted by molar-refractivity contribution is 6.32. The summed E-state index contributed by atoms with van der Waals surface area (Å²) in [5.74, 6) is 0.275. The molecule has 0 amide bonds. The zero-order chi connectivity index (χ0) is 12.7. The lowest BCUT2D eigenvalue weighted by atomic mass is 10.3. The molecule has 0 saturated carbocycles. The summed E-state index contributed by atoms with van der Waals surface area (Å²) < 4.78 is 4.80. The van der Waals surface area contributed by atoms with E-state index in [4.69, 9.17) is 22.1 Å². The summed E-state index contributed by atoms with van der Waals surface area (Å²) in [6.07, 6.45) is 2.33. The number of esters is 1. The molecule has 0 fully saturated rings. The minimum absolute atomic E-state index is 0.206. The molecule has 0 bridgehead atoms. The van der Waals surface area contributed by atoms with E-state index in [0.29, 0.717) is 37.5 Å². The van der Waals surface area contributed by atoms with Crippen molar-refractivity contribution in [3.05, 3.63) is 11.5 Å². The molecule has 94 valence electrons. The molecule has 7 heteroatoms. The first kappa shape index (κ1) is 13.5. The van der Waals surface area contributed by atoms with Gasteiger partial charge in [0.15, 0.2) is 11.0 Å². The van der Waals surface area contributed by atoms with Gasteiger partial charge in [-0.25, -0.2) is 9.97 Å². The van der Waals surface area contributed by atoms with Crippen LogP contribution in [0.5, 0.6) is 0 Å². The number of ether oxygens (including phenoxy) is 1. The number of nitrogens with two attached hydrogens (primary N) is 1. The van der Waals surface area contributed by atoms with Crippen LogP contribution in [0.1, 0.15) is 19.8 Å². The second-order valence-corrected chi connectivity index (χ2v) is 3.62. The van der Waals surface area contributed by atoms with Gasteiger partial charge in [-0.05, 0) is 13.3 Å². The number of hydrogen-bond acceptors (Lipinski definition) is 6. The number of hydrogen-bond donors (Lipinski definition) is 2. The van der Waals surface area contributed by atoms with Crippen molar-refractivity contribution in [2.24, 2.45) is 0 Å². The Kier molecular flexibility index (Phi) is 5.48. The van der Waals surface area contributed by atoms with Crippen molar-refractivity contribution in [2.45, 2.75) is 19.8 Å². The molecule has 0 aliphatic rings. The standard InChI is InChI=1S/C10H15ClN4O2/c1-2-17-7(16)4-3-5-13-10-8(12)9(11)14-6-15-10/h6H,2-5,12H2,1H3,(H,13,14,15). The fraction of sp³-hybridized carbons (Fsp3) is 0.500. The highest BCUT2D eigenvalue weighted by Crippen LogP contribution is 2.21. The normalized spacial score (nSPS) is 10.0. The maximum atomic E-state index is 11.1. The van der Waals surface area contributed by atoms with Crippen LogP contribution in [0, 0.1) is 0 Å². The maximum absolute atomic E-state index is 11.1. The molecule has 0 aromatic carbocycles. The van der Waals surface area contributed by atoms with Crippen LogP contribution in [-0.2, 0) is 9.53 Å². The fourth-order valence-electron chi connectivity index (χ4n) is 1.19. The average Bonchev–Trinajstić information content (AvgIpc) is 2.30. The molecule has 0 aliphatic carbocycles. The number of halogens is 1. The van der Waals surface area contributed by atoms with E-state index in [2.05, 4.69) is 15.3 Å². The highest BCUT2D eigenvalue weighted by atomic mass is 35.5. The van der Waals surface area contributed by atoms with Crippen LogP contribution in [-0.4, -0.2) is 29.1 Å². The number of nitrogen functional groups attached to an aromatic ring is 1. The average molecular weight is 259 g/mol. The van der Waals surface area contributed by atoms with Crippen LogP contribution in [0.25, 0.3) is 0 Å². The van der Waals surface area contributed by atoms with Gasteiger partial charge in [0.25, 0.3) is 0 Å². The minimum Gasteiger partial charge on any atom is -0.466 e. The smallest absolute Gasteiger partial charge is 0.305 e. The summed E-state index contributed by atoms with van der Waals surface area (Å²) in [5, 5.41) is 3.20. The second-order valence-electron chi connectivity index (χ2n) is 3.26. The van der Waals surface area contributed by atoms with Crippen molar-refractivity contribution in [3.8, 4) is 0 Å². The van der Waals surface area contributed by atoms with E-state index < -0.39 is 0 Å². The van der Waals surface area contributed by atoms with Crippen LogP contribution in [0.15, 0.2) is 6.33 Å². The summed E-state index contributed by atoms with van der Waals surface area (Å²) >= 11 is 5.73. The molecule has 1 aromatic rings. The summed E-state index contributed by atoms with van der Waals surface area (Å²) in [6.45, 7) is 2.75. The molecule has 6 nitrogen and oxygen atoms in total. The highest BCUT2D eigenvalue weighted by Gasteiger charge is 2.05. The largest absolute Gasteiger partial charge is 0.466 e. The molecule has 0 unspecified atom stereocenters. The first-order chi connectivity index (χ1) is 8.15. The Balaban J connectivity index is 2.31. The van der Waals surface area contributed by atoms with Gasteiger partial charge in [-0.15, -0.1) is 0 Å². The number of rotatable bonds is 6. The Hall–Kier alpha value is -1.56. The molecule has 0 atom stereocenters. The molecule has 1 heterocycles. The lowest BCUT2D eigenvalue weighted by Gasteiger charge is -2.08. The molecule has 3 N–H and O–H groups in total. The van der Waals surface area contributed by atoms with Gasteiger partial charge in [0.1, 0.15) is 12.0 Å². The molecule has 0 spiro atoms. The van der Waals surface area contributed by atoms with Gasteiger partial charge in [-0.3, -0.25) is 4.79 Å². The second kappa shape index (κ2) is 6.90. The quantitative estimate of drug-likeness (QED) is 0.456. The molecule has 0 saturated heterocycles. The zero-order valence-corrected chi connectivity index (χ0v) is 10.3. The van der Waals surface area contributed by atoms with Gasteiger partial charge in [0.05, 0.1) is 6.61 Å². The lowest BCUT2D eigenvalue weighted by molar-refractivity contribution is -0.143. The third-order valence-electron chi connectivity index (χ3n) is 1.99. The van der Waals surface area contributed by atoms with E-state index >= 15 is 0 Å². The third kappa shape index (κ3) is 4.44. The summed E-state index contributed by atoms with van der Waals surface area (Å²) in [5.41, 5.74) is 5.97. The number of aromatic nitrogens is 2. The van der Waals surface area contributed by atoms with Crippen LogP contribution in [0.3, 0.4) is 0 Å².